The second-order valence-corrected chi connectivity index (χ2v) is 8.20. The van der Waals surface area contributed by atoms with Crippen molar-refractivity contribution >= 4 is 45.9 Å². The molecule has 1 N–H and O–H groups in total. The van der Waals surface area contributed by atoms with Crippen molar-refractivity contribution in [3.05, 3.63) is 83.1 Å². The summed E-state index contributed by atoms with van der Waals surface area (Å²) < 4.78 is 10.8. The van der Waals surface area contributed by atoms with Gasteiger partial charge < -0.3 is 14.8 Å². The van der Waals surface area contributed by atoms with E-state index in [1.165, 1.54) is 11.8 Å². The van der Waals surface area contributed by atoms with Crippen LogP contribution in [0.25, 0.3) is 10.9 Å². The number of nitrogens with zero attached hydrogens (tertiary/aromatic N) is 2. The predicted octanol–water partition coefficient (Wildman–Crippen LogP) is 5.85. The molecule has 162 valence electrons. The highest BCUT2D eigenvalue weighted by Crippen LogP contribution is 2.35. The van der Waals surface area contributed by atoms with Gasteiger partial charge in [0, 0.05) is 40.3 Å². The molecular formula is C24H20ClN3O3S. The molecule has 8 heteroatoms. The van der Waals surface area contributed by atoms with Crippen LogP contribution in [-0.4, -0.2) is 30.1 Å². The highest BCUT2D eigenvalue weighted by atomic mass is 35.5. The molecule has 32 heavy (non-hydrogen) atoms. The number of pyridine rings is 2. The molecule has 2 heterocycles. The highest BCUT2D eigenvalue weighted by Gasteiger charge is 2.15. The fraction of sp³-hybridized carbons (Fsp3) is 0.125. The summed E-state index contributed by atoms with van der Waals surface area (Å²) in [6.07, 6.45) is 3.44. The van der Waals surface area contributed by atoms with E-state index in [1.54, 1.807) is 63.0 Å². The van der Waals surface area contributed by atoms with Crippen LogP contribution >= 0.6 is 23.4 Å². The molecule has 0 aliphatic carbocycles. The molecule has 0 atom stereocenters. The van der Waals surface area contributed by atoms with E-state index < -0.39 is 0 Å². The second kappa shape index (κ2) is 9.89. The van der Waals surface area contributed by atoms with E-state index in [4.69, 9.17) is 21.1 Å². The van der Waals surface area contributed by atoms with Crippen LogP contribution in [0.1, 0.15) is 15.9 Å². The summed E-state index contributed by atoms with van der Waals surface area (Å²) in [6.45, 7) is 0. The number of anilines is 1. The summed E-state index contributed by atoms with van der Waals surface area (Å²) in [5.74, 6) is 1.62. The molecule has 0 spiro atoms. The number of amides is 1. The Morgan fingerprint density at radius 2 is 1.81 bits per heavy atom. The topological polar surface area (TPSA) is 73.3 Å². The highest BCUT2D eigenvalue weighted by molar-refractivity contribution is 7.98. The molecule has 4 rings (SSSR count). The van der Waals surface area contributed by atoms with E-state index in [2.05, 4.69) is 15.3 Å². The molecule has 0 saturated heterocycles. The Bertz CT molecular complexity index is 1280. The lowest BCUT2D eigenvalue weighted by Crippen LogP contribution is -2.13. The van der Waals surface area contributed by atoms with Gasteiger partial charge >= 0.3 is 0 Å². The van der Waals surface area contributed by atoms with Crippen LogP contribution in [0.5, 0.6) is 11.5 Å². The van der Waals surface area contributed by atoms with Crippen molar-refractivity contribution in [1.29, 1.82) is 0 Å². The Hall–Kier alpha value is -3.29. The molecule has 1 amide bonds. The van der Waals surface area contributed by atoms with Crippen LogP contribution < -0.4 is 14.8 Å². The minimum absolute atomic E-state index is 0.242. The van der Waals surface area contributed by atoms with Gasteiger partial charge in [-0.2, -0.15) is 0 Å². The lowest BCUT2D eigenvalue weighted by Gasteiger charge is -2.12. The van der Waals surface area contributed by atoms with Crippen LogP contribution in [0, 0.1) is 0 Å². The zero-order chi connectivity index (χ0) is 22.5. The summed E-state index contributed by atoms with van der Waals surface area (Å²) >= 11 is 7.50. The SMILES string of the molecule is COc1cc2nccc(CSc3ncccc3C(=O)Nc3cccc(Cl)c3)c2cc1OC. The molecule has 0 aliphatic rings. The number of halogens is 1. The molecule has 0 unspecified atom stereocenters. The third-order valence-electron chi connectivity index (χ3n) is 4.80. The minimum Gasteiger partial charge on any atom is -0.493 e. The van der Waals surface area contributed by atoms with E-state index in [9.17, 15) is 4.79 Å². The number of fused-ring (bicyclic) bond motifs is 1. The van der Waals surface area contributed by atoms with E-state index in [0.717, 1.165) is 16.5 Å². The van der Waals surface area contributed by atoms with Gasteiger partial charge in [0.1, 0.15) is 5.03 Å². The first-order valence-corrected chi connectivity index (χ1v) is 11.1. The van der Waals surface area contributed by atoms with Crippen LogP contribution in [0.3, 0.4) is 0 Å². The van der Waals surface area contributed by atoms with Crippen molar-refractivity contribution in [2.75, 3.05) is 19.5 Å². The van der Waals surface area contributed by atoms with Gasteiger partial charge in [0.25, 0.3) is 5.91 Å². The van der Waals surface area contributed by atoms with Crippen molar-refractivity contribution in [2.24, 2.45) is 0 Å². The minimum atomic E-state index is -0.242. The summed E-state index contributed by atoms with van der Waals surface area (Å²) in [5, 5.41) is 5.03. The van der Waals surface area contributed by atoms with Gasteiger partial charge in [-0.05, 0) is 48.0 Å². The van der Waals surface area contributed by atoms with E-state index in [1.807, 2.05) is 18.2 Å². The molecule has 2 aromatic heterocycles. The van der Waals surface area contributed by atoms with Crippen LogP contribution in [-0.2, 0) is 5.75 Å². The van der Waals surface area contributed by atoms with Crippen molar-refractivity contribution in [1.82, 2.24) is 9.97 Å². The average molecular weight is 466 g/mol. The third kappa shape index (κ3) is 4.79. The zero-order valence-electron chi connectivity index (χ0n) is 17.5. The number of carbonyl (C=O) groups excluding carboxylic acids is 1. The first-order valence-electron chi connectivity index (χ1n) is 9.73. The van der Waals surface area contributed by atoms with Gasteiger partial charge in [-0.15, -0.1) is 11.8 Å². The number of rotatable bonds is 7. The Balaban J connectivity index is 1.58. The number of hydrogen-bond acceptors (Lipinski definition) is 6. The van der Waals surface area contributed by atoms with Crippen LogP contribution in [0.15, 0.2) is 72.0 Å². The average Bonchev–Trinajstić information content (AvgIpc) is 2.81. The maximum Gasteiger partial charge on any atom is 0.258 e. The van der Waals surface area contributed by atoms with Crippen molar-refractivity contribution in [3.63, 3.8) is 0 Å². The van der Waals surface area contributed by atoms with E-state index >= 15 is 0 Å². The van der Waals surface area contributed by atoms with Gasteiger partial charge in [-0.1, -0.05) is 17.7 Å². The number of methoxy groups -OCH3 is 2. The summed E-state index contributed by atoms with van der Waals surface area (Å²) in [7, 11) is 3.20. The Morgan fingerprint density at radius 1 is 1.00 bits per heavy atom. The van der Waals surface area contributed by atoms with Crippen LogP contribution in [0.2, 0.25) is 5.02 Å². The largest absolute Gasteiger partial charge is 0.493 e. The monoisotopic (exact) mass is 465 g/mol. The number of ether oxygens (including phenoxy) is 2. The van der Waals surface area contributed by atoms with Gasteiger partial charge in [0.15, 0.2) is 11.5 Å². The number of nitrogens with one attached hydrogen (secondary N) is 1. The maximum absolute atomic E-state index is 12.9. The first-order chi connectivity index (χ1) is 15.6. The van der Waals surface area contributed by atoms with E-state index in [0.29, 0.717) is 38.6 Å². The molecule has 0 saturated carbocycles. The van der Waals surface area contributed by atoms with Crippen LogP contribution in [0.4, 0.5) is 5.69 Å². The van der Waals surface area contributed by atoms with Crippen molar-refractivity contribution in [2.45, 2.75) is 10.8 Å². The quantitative estimate of drug-likeness (QED) is 0.345. The Labute approximate surface area is 194 Å². The maximum atomic E-state index is 12.9. The Morgan fingerprint density at radius 3 is 2.59 bits per heavy atom. The molecule has 0 radical (unpaired) electrons. The molecule has 6 nitrogen and oxygen atoms in total. The summed E-state index contributed by atoms with van der Waals surface area (Å²) in [6, 6.07) is 16.3. The lowest BCUT2D eigenvalue weighted by molar-refractivity contribution is 0.102. The summed E-state index contributed by atoms with van der Waals surface area (Å²) in [5.41, 5.74) is 2.98. The molecule has 0 aliphatic heterocycles. The van der Waals surface area contributed by atoms with Gasteiger partial charge in [0.05, 0.1) is 25.3 Å². The number of aromatic nitrogens is 2. The van der Waals surface area contributed by atoms with Crippen molar-refractivity contribution in [3.8, 4) is 11.5 Å². The standard InChI is InChI=1S/C24H20ClN3O3S/c1-30-21-12-19-15(8-10-26-20(19)13-22(21)31-2)14-32-24-18(7-4-9-27-24)23(29)28-17-6-3-5-16(25)11-17/h3-13H,14H2,1-2H3,(H,28,29). The fourth-order valence-corrected chi connectivity index (χ4v) is 4.43. The first kappa shape index (κ1) is 21.9. The number of carbonyl (C=O) groups is 1. The third-order valence-corrected chi connectivity index (χ3v) is 6.09. The number of benzene rings is 2. The normalized spacial score (nSPS) is 10.7. The number of hydrogen-bond donors (Lipinski definition) is 1. The second-order valence-electron chi connectivity index (χ2n) is 6.80. The fourth-order valence-electron chi connectivity index (χ4n) is 3.24. The van der Waals surface area contributed by atoms with E-state index in [-0.39, 0.29) is 5.91 Å². The Kier molecular flexibility index (Phi) is 6.78. The lowest BCUT2D eigenvalue weighted by atomic mass is 10.1. The van der Waals surface area contributed by atoms with Crippen molar-refractivity contribution < 1.29 is 14.3 Å². The van der Waals surface area contributed by atoms with Gasteiger partial charge in [0.2, 0.25) is 0 Å². The number of thioether (sulfide) groups is 1. The molecular weight excluding hydrogens is 446 g/mol. The molecule has 0 bridgehead atoms. The zero-order valence-corrected chi connectivity index (χ0v) is 19.0. The molecule has 4 aromatic rings. The van der Waals surface area contributed by atoms with Gasteiger partial charge in [-0.3, -0.25) is 9.78 Å². The van der Waals surface area contributed by atoms with Gasteiger partial charge in [-0.25, -0.2) is 4.98 Å². The predicted molar refractivity (Wildman–Crippen MR) is 128 cm³/mol. The smallest absolute Gasteiger partial charge is 0.258 e. The summed E-state index contributed by atoms with van der Waals surface area (Å²) in [4.78, 5) is 21.8. The molecule has 0 fully saturated rings. The molecule has 2 aromatic carbocycles.